The van der Waals surface area contributed by atoms with E-state index in [9.17, 15) is 0 Å². The highest BCUT2D eigenvalue weighted by Gasteiger charge is 2.44. The number of hydrogen-bond acceptors (Lipinski definition) is 0. The zero-order valence-electron chi connectivity index (χ0n) is 86.9. The Labute approximate surface area is 831 Å². The first-order valence-electron chi connectivity index (χ1n) is 52.5. The lowest BCUT2D eigenvalue weighted by atomic mass is 9.76. The molecule has 22 rings (SSSR count). The summed E-state index contributed by atoms with van der Waals surface area (Å²) in [7, 11) is 8.89. The Bertz CT molecular complexity index is 7090. The minimum Gasteiger partial charge on any atom is -0.236 e. The van der Waals surface area contributed by atoms with Crippen LogP contribution in [0, 0.1) is 58.8 Å². The highest BCUT2D eigenvalue weighted by molar-refractivity contribution is 5.76. The quantitative estimate of drug-likeness (QED) is 0.0917. The van der Waals surface area contributed by atoms with Gasteiger partial charge in [0.25, 0.3) is 23.3 Å². The van der Waals surface area contributed by atoms with Crippen LogP contribution in [0.1, 0.15) is 304 Å². The molecule has 8 heteroatoms. The molecule has 16 aromatic rings. The number of nitrogens with zero attached hydrogens (tertiary/aromatic N) is 8. The molecule has 4 atom stereocenters. The second-order valence-corrected chi connectivity index (χ2v) is 45.0. The molecule has 12 aromatic carbocycles. The molecule has 2 saturated carbocycles. The van der Waals surface area contributed by atoms with Gasteiger partial charge >= 0.3 is 0 Å². The zero-order chi connectivity index (χ0) is 97.0. The molecule has 6 aliphatic rings. The molecule has 0 bridgehead atoms. The van der Waals surface area contributed by atoms with E-state index in [2.05, 4.69) is 467 Å². The van der Waals surface area contributed by atoms with E-state index >= 15 is 0 Å². The maximum atomic E-state index is 2.65. The van der Waals surface area contributed by atoms with E-state index < -0.39 is 0 Å². The van der Waals surface area contributed by atoms with Crippen LogP contribution in [-0.4, -0.2) is 18.3 Å². The van der Waals surface area contributed by atoms with Crippen molar-refractivity contribution in [1.29, 1.82) is 0 Å². The van der Waals surface area contributed by atoms with Crippen molar-refractivity contribution in [1.82, 2.24) is 18.3 Å². The maximum Gasteiger partial charge on any atom is 0.262 e. The molecule has 0 saturated heterocycles. The molecule has 4 aromatic heterocycles. The Morgan fingerprint density at radius 1 is 0.288 bits per heavy atom. The molecule has 2 aliphatic carbocycles. The van der Waals surface area contributed by atoms with Crippen molar-refractivity contribution in [3.63, 3.8) is 0 Å². The van der Waals surface area contributed by atoms with Crippen molar-refractivity contribution >= 4 is 0 Å². The molecule has 8 nitrogen and oxygen atoms in total. The highest BCUT2D eigenvalue weighted by Crippen LogP contribution is 2.51. The lowest BCUT2D eigenvalue weighted by Crippen LogP contribution is -2.35. The van der Waals surface area contributed by atoms with Gasteiger partial charge in [-0.2, -0.15) is 18.3 Å². The minimum atomic E-state index is 0.120. The molecule has 4 aliphatic heterocycles. The van der Waals surface area contributed by atoms with Gasteiger partial charge in [-0.3, -0.25) is 0 Å². The van der Waals surface area contributed by atoms with Gasteiger partial charge in [-0.1, -0.05) is 350 Å². The largest absolute Gasteiger partial charge is 0.262 e. The summed E-state index contributed by atoms with van der Waals surface area (Å²) >= 11 is 0. The summed E-state index contributed by atoms with van der Waals surface area (Å²) in [4.78, 5) is 0. The van der Waals surface area contributed by atoms with Crippen molar-refractivity contribution in [2.75, 3.05) is 0 Å². The predicted octanol–water partition coefficient (Wildman–Crippen LogP) is 29.9. The number of hydrogen-bond donors (Lipinski definition) is 0. The lowest BCUT2D eigenvalue weighted by molar-refractivity contribution is -0.678. The van der Waals surface area contributed by atoms with Crippen LogP contribution in [0.3, 0.4) is 0 Å². The second kappa shape index (κ2) is 40.0. The van der Waals surface area contributed by atoms with Gasteiger partial charge < -0.3 is 0 Å². The van der Waals surface area contributed by atoms with E-state index in [4.69, 9.17) is 0 Å². The third kappa shape index (κ3) is 19.1. The van der Waals surface area contributed by atoms with Crippen LogP contribution in [-0.2, 0) is 78.6 Å². The number of aryl methyl sites for hydroxylation is 10. The third-order valence-corrected chi connectivity index (χ3v) is 31.8. The monoisotopic (exact) mass is 1840 g/mol. The van der Waals surface area contributed by atoms with Crippen LogP contribution in [0.2, 0.25) is 0 Å². The van der Waals surface area contributed by atoms with Gasteiger partial charge in [-0.15, -0.1) is 0 Å². The van der Waals surface area contributed by atoms with Crippen molar-refractivity contribution in [2.24, 2.45) is 45.4 Å². The topological polar surface area (TPSA) is 35.2 Å². The molecule has 0 radical (unpaired) electrons. The average Bonchev–Trinajstić information content (AvgIpc) is 1.62. The van der Waals surface area contributed by atoms with E-state index in [0.29, 0.717) is 47.3 Å². The summed E-state index contributed by atoms with van der Waals surface area (Å²) in [5, 5.41) is 0. The third-order valence-electron chi connectivity index (χ3n) is 31.8. The summed E-state index contributed by atoms with van der Waals surface area (Å²) in [6.45, 7) is 36.7. The molecule has 2 fully saturated rings. The minimum absolute atomic E-state index is 0.120. The second-order valence-electron chi connectivity index (χ2n) is 45.0. The first-order chi connectivity index (χ1) is 67.0. The Morgan fingerprint density at radius 3 is 1.01 bits per heavy atom. The number of rotatable bonds is 15. The highest BCUT2D eigenvalue weighted by atomic mass is 15.2. The van der Waals surface area contributed by atoms with E-state index in [1.807, 2.05) is 0 Å². The van der Waals surface area contributed by atoms with Gasteiger partial charge in [0.2, 0.25) is 0 Å². The first kappa shape index (κ1) is 95.4. The number of imidazole rings is 4. The Morgan fingerprint density at radius 2 is 0.604 bits per heavy atom. The summed E-state index contributed by atoms with van der Waals surface area (Å²) in [5.41, 5.74) is 45.4. The molecule has 0 spiro atoms. The van der Waals surface area contributed by atoms with Crippen LogP contribution in [0.4, 0.5) is 0 Å². The zero-order valence-corrected chi connectivity index (χ0v) is 86.9. The molecular weight excluding hydrogens is 1690 g/mol. The molecule has 8 heterocycles. The summed E-state index contributed by atoms with van der Waals surface area (Å²) < 4.78 is 19.7. The van der Waals surface area contributed by atoms with Crippen LogP contribution in [0.15, 0.2) is 292 Å². The fraction of sp³-hybridized carbons (Fsp3) is 0.359. The molecule has 710 valence electrons. The Balaban J connectivity index is 0.000000119. The fourth-order valence-corrected chi connectivity index (χ4v) is 25.1. The van der Waals surface area contributed by atoms with Crippen LogP contribution >= 0.6 is 0 Å². The molecule has 0 amide bonds. The van der Waals surface area contributed by atoms with Crippen molar-refractivity contribution in [3.8, 4) is 67.8 Å². The van der Waals surface area contributed by atoms with E-state index in [0.717, 1.165) is 44.9 Å². The predicted molar refractivity (Wildman–Crippen MR) is 576 cm³/mol. The van der Waals surface area contributed by atoms with Crippen LogP contribution in [0.5, 0.6) is 0 Å². The van der Waals surface area contributed by atoms with Gasteiger partial charge in [0.1, 0.15) is 47.5 Å². The molecule has 0 N–H and O–H groups in total. The summed E-state index contributed by atoms with van der Waals surface area (Å²) in [5.74, 6) is 9.59. The maximum absolute atomic E-state index is 2.65. The SMILES string of the molecule is Cc1ccccc1C1Cc2n(c(-c3c(C)cccc3C)c[n+]2C)-c2ccc(CC(C)(C)C)cc21.Cc1ccccc1C1Cc2n(c(-c3c(C4CCCCC4)cccc3C3CCCCC3)c[n+]2C)-c2ccccc21.Cc1ccccc1C1Cc2n(c(-c3c(CC(C)C)cccc3CC(C)C)c[n+]2C)-c2ccccc21.Cc1ccccc1C1Cc2n(c(-c3ccccc3)c[n+]2C)-c2ccc(C(C)(C)C)cc21. The van der Waals surface area contributed by atoms with Gasteiger partial charge in [-0.25, -0.2) is 18.3 Å². The van der Waals surface area contributed by atoms with Gasteiger partial charge in [-0.05, 0) is 234 Å². The number of benzene rings is 12. The van der Waals surface area contributed by atoms with Crippen molar-refractivity contribution < 1.29 is 18.3 Å². The van der Waals surface area contributed by atoms with Crippen LogP contribution in [0.25, 0.3) is 67.8 Å². The van der Waals surface area contributed by atoms with E-state index in [1.54, 1.807) is 16.7 Å². The summed E-state index contributed by atoms with van der Waals surface area (Å²) in [6, 6.07) is 100. The Kier molecular flexibility index (Phi) is 27.5. The molecule has 4 unspecified atom stereocenters. The lowest BCUT2D eigenvalue weighted by Gasteiger charge is -2.30. The Hall–Kier alpha value is -12.5. The standard InChI is InChI=1S/C37H43N2.C33H39N2.C32H37N2.C29H31N2/c1-26-14-9-10-19-29(26)33-24-36-38(2)25-35(39(36)34-23-12-11-20-32(33)34)37-30(27-15-5-3-6-16-27)21-13-22-31(37)28-17-7-4-8-18-28;1-22(2)18-25-13-11-14-26(19-23(3)4)33(25)31-21-34(6)32-20-29(27-15-8-7-12-24(27)5)28-16-9-10-17-30(28)35(31)32;1-21-11-8-9-14-25(21)26-18-30-33(7)20-29(31-22(2)12-10-13-23(31)3)34(30)28-16-15-24(17-27(26)28)19-32(4,5)6;1-20-11-9-10-14-23(20)24-18-28-30(5)19-27(21-12-7-6-8-13-21)31(28)26-16-15-22(17-25(24)26)29(2,3)4/h9-14,19-23,25,27-28,33H,3-8,15-18,24H2,1-2H3;7-17,21-23,29H,18-20H2,1-6H3;8-17,20,26H,18-19H2,1-7H3;6-17,19,24H,18H2,1-5H3/q4*+1. The van der Waals surface area contributed by atoms with E-state index in [-0.39, 0.29) is 10.8 Å². The van der Waals surface area contributed by atoms with Gasteiger partial charge in [0.15, 0.2) is 22.8 Å². The van der Waals surface area contributed by atoms with Crippen LogP contribution < -0.4 is 18.3 Å². The smallest absolute Gasteiger partial charge is 0.236 e. The van der Waals surface area contributed by atoms with Crippen molar-refractivity contribution in [3.05, 3.63) is 426 Å². The fourth-order valence-electron chi connectivity index (χ4n) is 25.1. The number of para-hydroxylation sites is 2. The summed E-state index contributed by atoms with van der Waals surface area (Å²) in [6.07, 6.45) is 30.4. The normalized spacial score (nSPS) is 16.5. The number of fused-ring (bicyclic) bond motifs is 12. The van der Waals surface area contributed by atoms with E-state index in [1.165, 1.54) is 250 Å². The molecular formula is C131H150N8+4. The number of aromatic nitrogens is 8. The molecule has 139 heavy (non-hydrogen) atoms. The van der Waals surface area contributed by atoms with Crippen molar-refractivity contribution in [2.45, 2.75) is 261 Å². The first-order valence-corrected chi connectivity index (χ1v) is 52.5. The van der Waals surface area contributed by atoms with Gasteiger partial charge in [0, 0.05) is 68.2 Å². The van der Waals surface area contributed by atoms with Gasteiger partial charge in [0.05, 0.1) is 53.9 Å². The average molecular weight is 1840 g/mol.